The second-order valence-electron chi connectivity index (χ2n) is 5.11. The number of nitrogens with one attached hydrogen (secondary N) is 1. The van der Waals surface area contributed by atoms with Crippen molar-refractivity contribution in [2.24, 2.45) is 7.05 Å². The van der Waals surface area contributed by atoms with E-state index in [1.807, 2.05) is 49.5 Å². The minimum absolute atomic E-state index is 0.0736. The Morgan fingerprint density at radius 3 is 2.48 bits per heavy atom. The number of benzene rings is 2. The topological polar surface area (TPSA) is 50.1 Å². The summed E-state index contributed by atoms with van der Waals surface area (Å²) >= 11 is 0. The Bertz CT molecular complexity index is 749. The molecule has 0 amide bonds. The van der Waals surface area contributed by atoms with Crippen molar-refractivity contribution in [3.63, 3.8) is 0 Å². The number of rotatable bonds is 5. The van der Waals surface area contributed by atoms with E-state index in [2.05, 4.69) is 20.9 Å². The lowest BCUT2D eigenvalue weighted by Crippen LogP contribution is -2.16. The lowest BCUT2D eigenvalue weighted by atomic mass is 10.1. The fraction of sp³-hybridized carbons (Fsp3) is 0.235. The van der Waals surface area contributed by atoms with E-state index in [4.69, 9.17) is 0 Å². The molecule has 4 heteroatoms. The first kappa shape index (κ1) is 13.8. The van der Waals surface area contributed by atoms with Gasteiger partial charge in [0.25, 0.3) is 0 Å². The highest BCUT2D eigenvalue weighted by atomic mass is 16.3. The molecule has 1 heterocycles. The second-order valence-corrected chi connectivity index (χ2v) is 5.11. The van der Waals surface area contributed by atoms with Gasteiger partial charge in [0.2, 0.25) is 0 Å². The summed E-state index contributed by atoms with van der Waals surface area (Å²) < 4.78 is 2.11. The summed E-state index contributed by atoms with van der Waals surface area (Å²) in [6.45, 7) is 1.50. The van der Waals surface area contributed by atoms with Crippen LogP contribution in [-0.2, 0) is 26.7 Å². The first-order valence-corrected chi connectivity index (χ1v) is 7.08. The Morgan fingerprint density at radius 1 is 1.00 bits per heavy atom. The monoisotopic (exact) mass is 281 g/mol. The number of hydrogen-bond acceptors (Lipinski definition) is 3. The molecule has 0 radical (unpaired) electrons. The highest BCUT2D eigenvalue weighted by Crippen LogP contribution is 2.14. The van der Waals surface area contributed by atoms with Gasteiger partial charge >= 0.3 is 0 Å². The molecule has 0 aliphatic rings. The maximum atomic E-state index is 9.33. The van der Waals surface area contributed by atoms with Crippen molar-refractivity contribution in [2.45, 2.75) is 19.7 Å². The van der Waals surface area contributed by atoms with E-state index in [1.54, 1.807) is 0 Å². The van der Waals surface area contributed by atoms with Crippen LogP contribution in [-0.4, -0.2) is 14.7 Å². The van der Waals surface area contributed by atoms with Crippen molar-refractivity contribution in [1.29, 1.82) is 0 Å². The Labute approximate surface area is 124 Å². The van der Waals surface area contributed by atoms with Crippen LogP contribution in [0, 0.1) is 0 Å². The molecule has 0 fully saturated rings. The van der Waals surface area contributed by atoms with E-state index >= 15 is 0 Å². The molecule has 0 atom stereocenters. The van der Waals surface area contributed by atoms with Crippen LogP contribution in [0.2, 0.25) is 0 Å². The Hall–Kier alpha value is -2.17. The average Bonchev–Trinajstić information content (AvgIpc) is 2.85. The van der Waals surface area contributed by atoms with Crippen molar-refractivity contribution in [1.82, 2.24) is 14.9 Å². The number of imidazole rings is 1. The molecule has 108 valence electrons. The first-order chi connectivity index (χ1) is 10.3. The molecular formula is C17H19N3O. The third-order valence-corrected chi connectivity index (χ3v) is 3.77. The largest absolute Gasteiger partial charge is 0.392 e. The predicted molar refractivity (Wildman–Crippen MR) is 83.6 cm³/mol. The van der Waals surface area contributed by atoms with Crippen molar-refractivity contribution >= 4 is 11.0 Å². The molecular weight excluding hydrogens is 262 g/mol. The van der Waals surface area contributed by atoms with E-state index in [0.717, 1.165) is 34.5 Å². The summed E-state index contributed by atoms with van der Waals surface area (Å²) in [5.74, 6) is 1.01. The molecule has 0 aliphatic heterocycles. The molecule has 0 spiro atoms. The highest BCUT2D eigenvalue weighted by molar-refractivity contribution is 5.75. The van der Waals surface area contributed by atoms with Crippen LogP contribution in [0.25, 0.3) is 11.0 Å². The van der Waals surface area contributed by atoms with Gasteiger partial charge in [0, 0.05) is 13.6 Å². The van der Waals surface area contributed by atoms with Crippen molar-refractivity contribution < 1.29 is 5.11 Å². The number of hydrogen-bond donors (Lipinski definition) is 2. The Balaban J connectivity index is 1.71. The predicted octanol–water partition coefficient (Wildman–Crippen LogP) is 2.36. The van der Waals surface area contributed by atoms with Gasteiger partial charge in [0.05, 0.1) is 24.2 Å². The highest BCUT2D eigenvalue weighted by Gasteiger charge is 2.07. The standard InChI is InChI=1S/C17H19N3O/c1-20-16-9-5-4-8-15(16)19-17(20)11-18-10-13-6-2-3-7-14(13)12-21/h2-9,18,21H,10-12H2,1H3. The molecule has 0 unspecified atom stereocenters. The maximum Gasteiger partial charge on any atom is 0.123 e. The summed E-state index contributed by atoms with van der Waals surface area (Å²) in [6.07, 6.45) is 0. The molecule has 1 aromatic heterocycles. The summed E-state index contributed by atoms with van der Waals surface area (Å²) in [7, 11) is 2.04. The third kappa shape index (κ3) is 2.82. The van der Waals surface area contributed by atoms with Gasteiger partial charge < -0.3 is 15.0 Å². The lowest BCUT2D eigenvalue weighted by Gasteiger charge is -2.09. The molecule has 21 heavy (non-hydrogen) atoms. The second kappa shape index (κ2) is 6.08. The molecule has 2 N–H and O–H groups in total. The third-order valence-electron chi connectivity index (χ3n) is 3.77. The Kier molecular flexibility index (Phi) is 3.99. The van der Waals surface area contributed by atoms with Gasteiger partial charge in [0.1, 0.15) is 5.82 Å². The fourth-order valence-corrected chi connectivity index (χ4v) is 2.55. The first-order valence-electron chi connectivity index (χ1n) is 7.08. The molecule has 4 nitrogen and oxygen atoms in total. The zero-order chi connectivity index (χ0) is 14.7. The number of nitrogens with zero attached hydrogens (tertiary/aromatic N) is 2. The normalized spacial score (nSPS) is 11.1. The summed E-state index contributed by atoms with van der Waals surface area (Å²) in [4.78, 5) is 4.64. The molecule has 0 saturated heterocycles. The van der Waals surface area contributed by atoms with Crippen LogP contribution >= 0.6 is 0 Å². The van der Waals surface area contributed by atoms with Crippen LogP contribution in [0.5, 0.6) is 0 Å². The number of para-hydroxylation sites is 2. The smallest absolute Gasteiger partial charge is 0.123 e. The van der Waals surface area contributed by atoms with Gasteiger partial charge in [-0.3, -0.25) is 0 Å². The number of aromatic nitrogens is 2. The zero-order valence-corrected chi connectivity index (χ0v) is 12.1. The molecule has 3 aromatic rings. The zero-order valence-electron chi connectivity index (χ0n) is 12.1. The minimum Gasteiger partial charge on any atom is -0.392 e. The molecule has 0 saturated carbocycles. The maximum absolute atomic E-state index is 9.33. The number of aliphatic hydroxyl groups is 1. The molecule has 3 rings (SSSR count). The van der Waals surface area contributed by atoms with Gasteiger partial charge in [-0.15, -0.1) is 0 Å². The van der Waals surface area contributed by atoms with E-state index < -0.39 is 0 Å². The summed E-state index contributed by atoms with van der Waals surface area (Å²) in [5.41, 5.74) is 4.26. The van der Waals surface area contributed by atoms with Crippen LogP contribution in [0.1, 0.15) is 17.0 Å². The van der Waals surface area contributed by atoms with Crippen LogP contribution in [0.3, 0.4) is 0 Å². The van der Waals surface area contributed by atoms with E-state index in [1.165, 1.54) is 0 Å². The minimum atomic E-state index is 0.0736. The quantitative estimate of drug-likeness (QED) is 0.755. The number of fused-ring (bicyclic) bond motifs is 1. The van der Waals surface area contributed by atoms with Crippen LogP contribution < -0.4 is 5.32 Å². The summed E-state index contributed by atoms with van der Waals surface area (Å²) in [6, 6.07) is 16.1. The van der Waals surface area contributed by atoms with Crippen molar-refractivity contribution in [2.75, 3.05) is 0 Å². The van der Waals surface area contributed by atoms with Gasteiger partial charge in [-0.05, 0) is 23.3 Å². The van der Waals surface area contributed by atoms with Crippen molar-refractivity contribution in [3.05, 3.63) is 65.5 Å². The van der Waals surface area contributed by atoms with Gasteiger partial charge in [0.15, 0.2) is 0 Å². The molecule has 0 bridgehead atoms. The van der Waals surface area contributed by atoms with Crippen molar-refractivity contribution in [3.8, 4) is 0 Å². The lowest BCUT2D eigenvalue weighted by molar-refractivity contribution is 0.280. The Morgan fingerprint density at radius 2 is 1.71 bits per heavy atom. The van der Waals surface area contributed by atoms with E-state index in [-0.39, 0.29) is 6.61 Å². The van der Waals surface area contributed by atoms with Crippen LogP contribution in [0.4, 0.5) is 0 Å². The fourth-order valence-electron chi connectivity index (χ4n) is 2.55. The van der Waals surface area contributed by atoms with E-state index in [0.29, 0.717) is 6.54 Å². The number of aryl methyl sites for hydroxylation is 1. The SMILES string of the molecule is Cn1c(CNCc2ccccc2CO)nc2ccccc21. The molecule has 0 aliphatic carbocycles. The average molecular weight is 281 g/mol. The summed E-state index contributed by atoms with van der Waals surface area (Å²) in [5, 5.41) is 12.7. The molecule has 2 aromatic carbocycles. The van der Waals surface area contributed by atoms with Gasteiger partial charge in [-0.1, -0.05) is 36.4 Å². The number of aliphatic hydroxyl groups excluding tert-OH is 1. The van der Waals surface area contributed by atoms with Crippen LogP contribution in [0.15, 0.2) is 48.5 Å². The van der Waals surface area contributed by atoms with Gasteiger partial charge in [-0.2, -0.15) is 0 Å². The van der Waals surface area contributed by atoms with Gasteiger partial charge in [-0.25, -0.2) is 4.98 Å². The van der Waals surface area contributed by atoms with E-state index in [9.17, 15) is 5.11 Å².